The maximum atomic E-state index is 4.81. The number of thiophene rings is 1. The monoisotopic (exact) mass is 1200 g/mol. The summed E-state index contributed by atoms with van der Waals surface area (Å²) in [4.78, 5) is 35.2. The van der Waals surface area contributed by atoms with E-state index in [0.29, 0.717) is 6.04 Å². The zero-order valence-corrected chi connectivity index (χ0v) is 53.0. The molecule has 0 unspecified atom stereocenters. The van der Waals surface area contributed by atoms with E-state index in [1.54, 1.807) is 36.1 Å². The van der Waals surface area contributed by atoms with Crippen LogP contribution in [-0.2, 0) is 5.41 Å². The molecule has 1 aliphatic rings. The Balaban J connectivity index is 0.000000123. The molecule has 91 heavy (non-hydrogen) atoms. The van der Waals surface area contributed by atoms with Crippen LogP contribution in [0.3, 0.4) is 0 Å². The highest BCUT2D eigenvalue weighted by molar-refractivity contribution is 7.08. The molecule has 7 aromatic heterocycles. The number of hydrogen-bond acceptors (Lipinski definition) is 9. The summed E-state index contributed by atoms with van der Waals surface area (Å²) in [7, 11) is 0. The van der Waals surface area contributed by atoms with Gasteiger partial charge in [0.05, 0.1) is 39.2 Å². The molecule has 14 aromatic rings. The molecule has 0 saturated heterocycles. The lowest BCUT2D eigenvalue weighted by Crippen LogP contribution is -2.29. The van der Waals surface area contributed by atoms with Gasteiger partial charge in [-0.05, 0) is 162 Å². The van der Waals surface area contributed by atoms with Crippen LogP contribution in [-0.4, -0.2) is 53.9 Å². The molecular formula is C82H74N8S. The fourth-order valence-electron chi connectivity index (χ4n) is 10.9. The Morgan fingerprint density at radius 2 is 0.901 bits per heavy atom. The first-order valence-corrected chi connectivity index (χ1v) is 31.9. The van der Waals surface area contributed by atoms with Gasteiger partial charge in [-0.3, -0.25) is 39.9 Å². The summed E-state index contributed by atoms with van der Waals surface area (Å²) in [6, 6.07) is 91.7. The van der Waals surface area contributed by atoms with Crippen LogP contribution in [0.2, 0.25) is 0 Å². The van der Waals surface area contributed by atoms with Crippen molar-refractivity contribution < 1.29 is 0 Å². The topological polar surface area (TPSA) is 102 Å². The van der Waals surface area contributed by atoms with E-state index < -0.39 is 0 Å². The predicted molar refractivity (Wildman–Crippen MR) is 383 cm³/mol. The molecule has 7 aromatic carbocycles. The summed E-state index contributed by atoms with van der Waals surface area (Å²) < 4.78 is 0. The molecule has 448 valence electrons. The van der Waals surface area contributed by atoms with Crippen LogP contribution in [0.25, 0.3) is 66.4 Å². The van der Waals surface area contributed by atoms with E-state index in [4.69, 9.17) is 4.98 Å². The normalized spacial score (nSPS) is 11.8. The van der Waals surface area contributed by atoms with Crippen LogP contribution in [0.15, 0.2) is 325 Å². The fourth-order valence-corrected chi connectivity index (χ4v) is 11.6. The first-order valence-electron chi connectivity index (χ1n) is 30.9. The van der Waals surface area contributed by atoms with Gasteiger partial charge < -0.3 is 0 Å². The molecule has 1 aliphatic carbocycles. The van der Waals surface area contributed by atoms with Crippen molar-refractivity contribution in [3.05, 3.63) is 348 Å². The number of nitrogens with zero attached hydrogens (tertiary/aromatic N) is 8. The highest BCUT2D eigenvalue weighted by Gasteiger charge is 2.46. The lowest BCUT2D eigenvalue weighted by molar-refractivity contribution is 0.735. The van der Waals surface area contributed by atoms with Gasteiger partial charge in [0.1, 0.15) is 0 Å². The summed E-state index contributed by atoms with van der Waals surface area (Å²) >= 11 is 1.71. The highest BCUT2D eigenvalue weighted by Crippen LogP contribution is 2.55. The standard InChI is InChI=1S/C24H17N.C15H11N.C12H8N2.C12H17N.C10H8N2.C9H13NS/c1-2-10-18(11-3-1)24(23-16-8-9-17-25-23)21-14-6-4-12-19(21)20-13-5-7-15-22(20)24;1-2-6-13-11-14(9-8-12(13)5-1)15-7-3-4-10-16-15;1-3-9-5-6-10-4-2-8-14-12(10)11(9)13-7-1;1-3-4-10-13-11(2)12-8-6-5-7-9-12;1-3-7-11-9(5-1)10-6-2-4-8-12-10;1-7(2)10-8(3)9-4-5-11-6-9/h1-17H;1-11H;1-8H;5-9H,3-4,10H2,1-2H3;1-8H;4-7H,1-3H3. The predicted octanol–water partition coefficient (Wildman–Crippen LogP) is 20.5. The molecule has 0 radical (unpaired) electrons. The maximum absolute atomic E-state index is 4.81. The molecular weight excluding hydrogens is 1130 g/mol. The minimum atomic E-state index is -0.365. The van der Waals surface area contributed by atoms with E-state index in [0.717, 1.165) is 62.5 Å². The molecule has 0 atom stereocenters. The van der Waals surface area contributed by atoms with Crippen molar-refractivity contribution in [1.29, 1.82) is 0 Å². The zero-order valence-electron chi connectivity index (χ0n) is 52.2. The minimum absolute atomic E-state index is 0.365. The van der Waals surface area contributed by atoms with Crippen LogP contribution in [0.1, 0.15) is 81.0 Å². The number of aliphatic imine (C=N–C) groups is 2. The van der Waals surface area contributed by atoms with E-state index in [1.165, 1.54) is 68.1 Å². The molecule has 0 saturated carbocycles. The SMILES string of the molecule is CC(=NC(C)C)c1ccsc1.CCCCN=C(C)c1ccccc1.c1ccc(-c2ccc3ccccc3c2)nc1.c1ccc(-c2ccccn2)nc1.c1ccc(C2(c3ccccn3)c3ccccc3-c3ccccc32)cc1.c1cnc2c(c1)ccc1cccnc12. The van der Waals surface area contributed by atoms with Crippen LogP contribution in [0, 0.1) is 0 Å². The van der Waals surface area contributed by atoms with Crippen LogP contribution in [0.5, 0.6) is 0 Å². The van der Waals surface area contributed by atoms with Gasteiger partial charge in [-0.2, -0.15) is 11.3 Å². The molecule has 9 heteroatoms. The molecule has 0 aliphatic heterocycles. The third-order valence-electron chi connectivity index (χ3n) is 15.3. The quantitative estimate of drug-likeness (QED) is 0.0768. The average Bonchev–Trinajstić information content (AvgIpc) is 1.56. The van der Waals surface area contributed by atoms with E-state index in [2.05, 4.69) is 256 Å². The van der Waals surface area contributed by atoms with Crippen LogP contribution < -0.4 is 0 Å². The summed E-state index contributed by atoms with van der Waals surface area (Å²) in [5.74, 6) is 0. The number of aromatic nitrogens is 6. The van der Waals surface area contributed by atoms with Crippen molar-refractivity contribution >= 4 is 55.3 Å². The fraction of sp³-hybridized carbons (Fsp3) is 0.122. The summed E-state index contributed by atoms with van der Waals surface area (Å²) in [6.45, 7) is 11.5. The number of rotatable bonds is 10. The Labute approximate surface area is 539 Å². The largest absolute Gasteiger partial charge is 0.289 e. The molecule has 7 heterocycles. The Morgan fingerprint density at radius 1 is 0.418 bits per heavy atom. The molecule has 8 nitrogen and oxygen atoms in total. The lowest BCUT2D eigenvalue weighted by Gasteiger charge is -2.32. The van der Waals surface area contributed by atoms with E-state index in [9.17, 15) is 0 Å². The van der Waals surface area contributed by atoms with E-state index in [-0.39, 0.29) is 5.41 Å². The number of unbranched alkanes of at least 4 members (excludes halogenated alkanes) is 1. The Bertz CT molecular complexity index is 4370. The van der Waals surface area contributed by atoms with Crippen molar-refractivity contribution in [2.24, 2.45) is 9.98 Å². The first kappa shape index (κ1) is 63.3. The average molecular weight is 1200 g/mol. The van der Waals surface area contributed by atoms with E-state index >= 15 is 0 Å². The third-order valence-corrected chi connectivity index (χ3v) is 16.0. The Kier molecular flexibility index (Phi) is 22.6. The molecule has 0 N–H and O–H groups in total. The van der Waals surface area contributed by atoms with Gasteiger partial charge in [-0.1, -0.05) is 207 Å². The third kappa shape index (κ3) is 16.3. The van der Waals surface area contributed by atoms with Crippen molar-refractivity contribution in [2.75, 3.05) is 6.54 Å². The lowest BCUT2D eigenvalue weighted by atomic mass is 9.70. The van der Waals surface area contributed by atoms with Crippen molar-refractivity contribution in [3.63, 3.8) is 0 Å². The second-order valence-corrected chi connectivity index (χ2v) is 22.6. The minimum Gasteiger partial charge on any atom is -0.289 e. The van der Waals surface area contributed by atoms with Crippen molar-refractivity contribution in [1.82, 2.24) is 29.9 Å². The van der Waals surface area contributed by atoms with E-state index in [1.807, 2.05) is 103 Å². The van der Waals surface area contributed by atoms with Gasteiger partial charge >= 0.3 is 0 Å². The number of fused-ring (bicyclic) bond motifs is 7. The highest BCUT2D eigenvalue weighted by atomic mass is 32.1. The van der Waals surface area contributed by atoms with Gasteiger partial charge in [0, 0.05) is 83.1 Å². The van der Waals surface area contributed by atoms with Crippen LogP contribution >= 0.6 is 11.3 Å². The molecule has 0 bridgehead atoms. The van der Waals surface area contributed by atoms with Crippen LogP contribution in [0.4, 0.5) is 0 Å². The summed E-state index contributed by atoms with van der Waals surface area (Å²) in [5.41, 5.74) is 17.9. The van der Waals surface area contributed by atoms with Gasteiger partial charge in [0.2, 0.25) is 0 Å². The molecule has 15 rings (SSSR count). The maximum Gasteiger partial charge on any atom is 0.0964 e. The zero-order chi connectivity index (χ0) is 62.9. The summed E-state index contributed by atoms with van der Waals surface area (Å²) in [6.07, 6.45) is 13.3. The molecule has 0 spiro atoms. The Morgan fingerprint density at radius 3 is 1.43 bits per heavy atom. The molecule has 0 amide bonds. The smallest absolute Gasteiger partial charge is 0.0964 e. The Hall–Kier alpha value is -10.7. The number of pyridine rings is 6. The molecule has 0 fully saturated rings. The second kappa shape index (κ2) is 32.5. The first-order chi connectivity index (χ1) is 44.8. The summed E-state index contributed by atoms with van der Waals surface area (Å²) in [5, 5.41) is 9.00. The second-order valence-electron chi connectivity index (χ2n) is 21.9. The van der Waals surface area contributed by atoms with Gasteiger partial charge in [-0.25, -0.2) is 0 Å². The van der Waals surface area contributed by atoms with Gasteiger partial charge in [0.15, 0.2) is 0 Å². The number of hydrogen-bond donors (Lipinski definition) is 0. The number of benzene rings is 7. The van der Waals surface area contributed by atoms with Gasteiger partial charge in [0.25, 0.3) is 0 Å². The van der Waals surface area contributed by atoms with Crippen molar-refractivity contribution in [3.8, 4) is 33.8 Å². The van der Waals surface area contributed by atoms with Gasteiger partial charge in [-0.15, -0.1) is 0 Å². The van der Waals surface area contributed by atoms with Crippen molar-refractivity contribution in [2.45, 2.75) is 58.9 Å².